The summed E-state index contributed by atoms with van der Waals surface area (Å²) in [6.07, 6.45) is 0. The molecule has 0 aliphatic heterocycles. The van der Waals surface area contributed by atoms with E-state index in [1.807, 2.05) is 0 Å². The summed E-state index contributed by atoms with van der Waals surface area (Å²) in [4.78, 5) is 10.7. The Kier molecular flexibility index (Phi) is 4.80. The number of para-hydroxylation sites is 1. The van der Waals surface area contributed by atoms with Crippen molar-refractivity contribution in [2.45, 2.75) is 6.61 Å². The largest absolute Gasteiger partial charge is 0.493 e. The number of halogens is 2. The summed E-state index contributed by atoms with van der Waals surface area (Å²) < 4.78 is 25.1. The first-order valence-electron chi connectivity index (χ1n) is 6.00. The number of benzene rings is 2. The molecule has 0 unspecified atom stereocenters. The number of aromatic carboxylic acids is 1. The van der Waals surface area contributed by atoms with Gasteiger partial charge < -0.3 is 14.6 Å². The zero-order valence-corrected chi connectivity index (χ0v) is 12.7. The fraction of sp³-hybridized carbons (Fsp3) is 0.133. The van der Waals surface area contributed by atoms with E-state index in [4.69, 9.17) is 14.6 Å². The molecule has 0 fully saturated rings. The highest BCUT2D eigenvalue weighted by Crippen LogP contribution is 2.35. The van der Waals surface area contributed by atoms with Crippen molar-refractivity contribution in [3.8, 4) is 11.5 Å². The van der Waals surface area contributed by atoms with Gasteiger partial charge in [-0.3, -0.25) is 0 Å². The summed E-state index contributed by atoms with van der Waals surface area (Å²) in [5.74, 6) is -1.04. The molecule has 0 atom stereocenters. The van der Waals surface area contributed by atoms with E-state index in [0.717, 1.165) is 6.07 Å². The molecule has 0 aromatic heterocycles. The van der Waals surface area contributed by atoms with E-state index in [-0.39, 0.29) is 12.2 Å². The Morgan fingerprint density at radius 2 is 2.10 bits per heavy atom. The van der Waals surface area contributed by atoms with Gasteiger partial charge in [0.05, 0.1) is 17.1 Å². The first kappa shape index (κ1) is 15.3. The average molecular weight is 355 g/mol. The molecule has 0 saturated carbocycles. The van der Waals surface area contributed by atoms with Gasteiger partial charge in [0.1, 0.15) is 12.4 Å². The van der Waals surface area contributed by atoms with Gasteiger partial charge in [0.15, 0.2) is 11.5 Å². The molecular formula is C15H12BrFO4. The molecule has 4 nitrogen and oxygen atoms in total. The third-order valence-electron chi connectivity index (χ3n) is 2.80. The summed E-state index contributed by atoms with van der Waals surface area (Å²) in [6, 6.07) is 9.22. The molecule has 0 spiro atoms. The van der Waals surface area contributed by atoms with E-state index < -0.39 is 11.8 Å². The predicted octanol–water partition coefficient (Wildman–Crippen LogP) is 3.87. The zero-order chi connectivity index (χ0) is 15.4. The summed E-state index contributed by atoms with van der Waals surface area (Å²) in [7, 11) is 1.52. The van der Waals surface area contributed by atoms with Crippen molar-refractivity contribution >= 4 is 21.9 Å². The lowest BCUT2D eigenvalue weighted by molar-refractivity contribution is 0.0692. The Morgan fingerprint density at radius 1 is 1.33 bits per heavy atom. The number of carboxylic acids is 1. The second-order valence-electron chi connectivity index (χ2n) is 4.18. The maximum Gasteiger partial charge on any atom is 0.338 e. The van der Waals surface area contributed by atoms with Gasteiger partial charge in [0, 0.05) is 0 Å². The van der Waals surface area contributed by atoms with Crippen LogP contribution in [0.25, 0.3) is 0 Å². The van der Waals surface area contributed by atoms with E-state index in [2.05, 4.69) is 15.9 Å². The monoisotopic (exact) mass is 354 g/mol. The van der Waals surface area contributed by atoms with Crippen molar-refractivity contribution in [3.05, 3.63) is 57.8 Å². The van der Waals surface area contributed by atoms with Crippen molar-refractivity contribution in [1.29, 1.82) is 0 Å². The van der Waals surface area contributed by atoms with Crippen molar-refractivity contribution in [3.63, 3.8) is 0 Å². The maximum atomic E-state index is 13.6. The molecule has 6 heteroatoms. The SMILES string of the molecule is COc1cccc(Br)c1OCc1ccc(C(=O)O)c(F)c1. The van der Waals surface area contributed by atoms with Crippen LogP contribution in [0.5, 0.6) is 11.5 Å². The molecule has 0 aliphatic rings. The van der Waals surface area contributed by atoms with E-state index >= 15 is 0 Å². The topological polar surface area (TPSA) is 55.8 Å². The van der Waals surface area contributed by atoms with Crippen LogP contribution in [0.3, 0.4) is 0 Å². The van der Waals surface area contributed by atoms with Crippen LogP contribution in [0, 0.1) is 5.82 Å². The van der Waals surface area contributed by atoms with Gasteiger partial charge in [-0.1, -0.05) is 12.1 Å². The van der Waals surface area contributed by atoms with Crippen molar-refractivity contribution in [2.75, 3.05) is 7.11 Å². The van der Waals surface area contributed by atoms with Crippen LogP contribution in [0.4, 0.5) is 4.39 Å². The Bertz CT molecular complexity index is 673. The minimum atomic E-state index is -1.30. The van der Waals surface area contributed by atoms with Gasteiger partial charge in [0.2, 0.25) is 0 Å². The Hall–Kier alpha value is -2.08. The van der Waals surface area contributed by atoms with Crippen molar-refractivity contribution in [1.82, 2.24) is 0 Å². The van der Waals surface area contributed by atoms with Crippen molar-refractivity contribution in [2.24, 2.45) is 0 Å². The van der Waals surface area contributed by atoms with Gasteiger partial charge in [-0.2, -0.15) is 0 Å². The first-order chi connectivity index (χ1) is 10.0. The van der Waals surface area contributed by atoms with E-state index in [0.29, 0.717) is 21.5 Å². The molecule has 0 aliphatic carbocycles. The maximum absolute atomic E-state index is 13.6. The van der Waals surface area contributed by atoms with Gasteiger partial charge in [0.25, 0.3) is 0 Å². The van der Waals surface area contributed by atoms with Crippen LogP contribution in [0.1, 0.15) is 15.9 Å². The van der Waals surface area contributed by atoms with Gasteiger partial charge in [-0.25, -0.2) is 9.18 Å². The Balaban J connectivity index is 2.17. The normalized spacial score (nSPS) is 10.2. The number of hydrogen-bond acceptors (Lipinski definition) is 3. The highest BCUT2D eigenvalue weighted by Gasteiger charge is 2.12. The zero-order valence-electron chi connectivity index (χ0n) is 11.1. The lowest BCUT2D eigenvalue weighted by Crippen LogP contribution is -2.03. The molecule has 0 saturated heterocycles. The highest BCUT2D eigenvalue weighted by molar-refractivity contribution is 9.10. The molecule has 1 N–H and O–H groups in total. The first-order valence-corrected chi connectivity index (χ1v) is 6.79. The molecule has 2 aromatic carbocycles. The Morgan fingerprint density at radius 3 is 2.71 bits per heavy atom. The number of ether oxygens (including phenoxy) is 2. The summed E-state index contributed by atoms with van der Waals surface area (Å²) in [5.41, 5.74) is 0.160. The molecule has 2 aromatic rings. The molecule has 0 bridgehead atoms. The number of rotatable bonds is 5. The Labute approximate surface area is 129 Å². The number of hydrogen-bond donors (Lipinski definition) is 1. The van der Waals surface area contributed by atoms with Crippen LogP contribution in [-0.4, -0.2) is 18.2 Å². The minimum Gasteiger partial charge on any atom is -0.493 e. The lowest BCUT2D eigenvalue weighted by Gasteiger charge is -2.12. The van der Waals surface area contributed by atoms with E-state index in [1.165, 1.54) is 19.2 Å². The third-order valence-corrected chi connectivity index (χ3v) is 3.42. The predicted molar refractivity (Wildman–Crippen MR) is 78.4 cm³/mol. The second kappa shape index (κ2) is 6.58. The van der Waals surface area contributed by atoms with Crippen LogP contribution >= 0.6 is 15.9 Å². The van der Waals surface area contributed by atoms with Gasteiger partial charge >= 0.3 is 5.97 Å². The standard InChI is InChI=1S/C15H12BrFO4/c1-20-13-4-2-3-11(16)14(13)21-8-9-5-6-10(15(18)19)12(17)7-9/h2-7H,8H2,1H3,(H,18,19). The van der Waals surface area contributed by atoms with Gasteiger partial charge in [-0.05, 0) is 45.8 Å². The molecular weight excluding hydrogens is 343 g/mol. The third kappa shape index (κ3) is 3.52. The molecule has 2 rings (SSSR count). The van der Waals surface area contributed by atoms with Crippen LogP contribution in [-0.2, 0) is 6.61 Å². The fourth-order valence-corrected chi connectivity index (χ4v) is 2.23. The van der Waals surface area contributed by atoms with Gasteiger partial charge in [-0.15, -0.1) is 0 Å². The summed E-state index contributed by atoms with van der Waals surface area (Å²) >= 11 is 3.35. The number of carbonyl (C=O) groups is 1. The molecule has 21 heavy (non-hydrogen) atoms. The average Bonchev–Trinajstić information content (AvgIpc) is 2.45. The quantitative estimate of drug-likeness (QED) is 0.885. The number of methoxy groups -OCH3 is 1. The second-order valence-corrected chi connectivity index (χ2v) is 5.03. The highest BCUT2D eigenvalue weighted by atomic mass is 79.9. The van der Waals surface area contributed by atoms with E-state index in [1.54, 1.807) is 18.2 Å². The van der Waals surface area contributed by atoms with Crippen LogP contribution in [0.15, 0.2) is 40.9 Å². The molecule has 0 radical (unpaired) electrons. The minimum absolute atomic E-state index is 0.0930. The molecule has 0 amide bonds. The summed E-state index contributed by atoms with van der Waals surface area (Å²) in [6.45, 7) is 0.0930. The van der Waals surface area contributed by atoms with Crippen LogP contribution < -0.4 is 9.47 Å². The molecule has 0 heterocycles. The van der Waals surface area contributed by atoms with E-state index in [9.17, 15) is 9.18 Å². The number of carboxylic acid groups (broad SMARTS) is 1. The summed E-state index contributed by atoms with van der Waals surface area (Å²) in [5, 5.41) is 8.78. The van der Waals surface area contributed by atoms with Crippen molar-refractivity contribution < 1.29 is 23.8 Å². The molecule has 110 valence electrons. The smallest absolute Gasteiger partial charge is 0.338 e. The lowest BCUT2D eigenvalue weighted by atomic mass is 10.1. The van der Waals surface area contributed by atoms with Crippen LogP contribution in [0.2, 0.25) is 0 Å². The fourth-order valence-electron chi connectivity index (χ4n) is 1.77.